The summed E-state index contributed by atoms with van der Waals surface area (Å²) in [6.07, 6.45) is 0. The molecule has 1 aromatic rings. The monoisotopic (exact) mass is 257 g/mol. The van der Waals surface area contributed by atoms with Crippen LogP contribution in [0.1, 0.15) is 13.8 Å². The Hall–Kier alpha value is -1.33. The SMILES string of the molecule is CN1C(=O)N(c2ccc(F)c(Cl)c2)NC1(C)C. The van der Waals surface area contributed by atoms with Crippen molar-refractivity contribution < 1.29 is 9.18 Å². The summed E-state index contributed by atoms with van der Waals surface area (Å²) in [4.78, 5) is 13.5. The van der Waals surface area contributed by atoms with Gasteiger partial charge < -0.3 is 4.90 Å². The number of benzene rings is 1. The molecule has 17 heavy (non-hydrogen) atoms. The van der Waals surface area contributed by atoms with Gasteiger partial charge in [0.05, 0.1) is 10.7 Å². The topological polar surface area (TPSA) is 35.6 Å². The van der Waals surface area contributed by atoms with Gasteiger partial charge in [-0.1, -0.05) is 11.6 Å². The summed E-state index contributed by atoms with van der Waals surface area (Å²) in [7, 11) is 1.69. The molecule has 1 aliphatic rings. The lowest BCUT2D eigenvalue weighted by atomic mass is 10.2. The minimum absolute atomic E-state index is 0.00976. The first kappa shape index (κ1) is 12.1. The lowest BCUT2D eigenvalue weighted by molar-refractivity contribution is 0.185. The fraction of sp³-hybridized carbons (Fsp3) is 0.364. The van der Waals surface area contributed by atoms with Gasteiger partial charge in [0.25, 0.3) is 0 Å². The number of urea groups is 1. The van der Waals surface area contributed by atoms with E-state index in [0.29, 0.717) is 5.69 Å². The molecule has 0 spiro atoms. The van der Waals surface area contributed by atoms with Crippen LogP contribution in [0.3, 0.4) is 0 Å². The number of anilines is 1. The molecule has 1 saturated heterocycles. The number of hydrogen-bond donors (Lipinski definition) is 1. The van der Waals surface area contributed by atoms with E-state index in [2.05, 4.69) is 5.43 Å². The van der Waals surface area contributed by atoms with Crippen LogP contribution in [0.2, 0.25) is 5.02 Å². The van der Waals surface area contributed by atoms with Gasteiger partial charge in [-0.15, -0.1) is 0 Å². The Morgan fingerprint density at radius 3 is 2.53 bits per heavy atom. The zero-order valence-electron chi connectivity index (χ0n) is 9.79. The second-order valence-electron chi connectivity index (χ2n) is 4.45. The van der Waals surface area contributed by atoms with Crippen LogP contribution in [-0.2, 0) is 0 Å². The normalized spacial score (nSPS) is 19.0. The molecule has 1 N–H and O–H groups in total. The Morgan fingerprint density at radius 1 is 1.41 bits per heavy atom. The standard InChI is InChI=1S/C11H13ClFN3O/c1-11(2)14-16(10(17)15(11)3)7-4-5-9(13)8(12)6-7/h4-6,14H,1-3H3. The quantitative estimate of drug-likeness (QED) is 0.839. The lowest BCUT2D eigenvalue weighted by Gasteiger charge is -2.25. The summed E-state index contributed by atoms with van der Waals surface area (Å²) in [6.45, 7) is 3.74. The first-order valence-corrected chi connectivity index (χ1v) is 5.51. The third kappa shape index (κ3) is 1.96. The van der Waals surface area contributed by atoms with Crippen LogP contribution in [-0.4, -0.2) is 23.6 Å². The summed E-state index contributed by atoms with van der Waals surface area (Å²) in [5.41, 5.74) is 3.05. The van der Waals surface area contributed by atoms with E-state index < -0.39 is 11.5 Å². The highest BCUT2D eigenvalue weighted by Gasteiger charge is 2.41. The van der Waals surface area contributed by atoms with Crippen LogP contribution in [0, 0.1) is 5.82 Å². The highest BCUT2D eigenvalue weighted by Crippen LogP contribution is 2.27. The largest absolute Gasteiger partial charge is 0.340 e. The Balaban J connectivity index is 2.36. The third-order valence-electron chi connectivity index (χ3n) is 2.86. The molecule has 2 rings (SSSR count). The van der Waals surface area contributed by atoms with Crippen LogP contribution in [0.5, 0.6) is 0 Å². The van der Waals surface area contributed by atoms with Gasteiger partial charge in [0.1, 0.15) is 11.5 Å². The van der Waals surface area contributed by atoms with Crippen molar-refractivity contribution in [3.8, 4) is 0 Å². The second kappa shape index (κ2) is 3.85. The lowest BCUT2D eigenvalue weighted by Crippen LogP contribution is -2.46. The van der Waals surface area contributed by atoms with Crippen LogP contribution in [0.4, 0.5) is 14.9 Å². The van der Waals surface area contributed by atoms with Crippen molar-refractivity contribution in [1.82, 2.24) is 10.3 Å². The Kier molecular flexibility index (Phi) is 2.75. The number of halogens is 2. The van der Waals surface area contributed by atoms with E-state index in [1.807, 2.05) is 13.8 Å². The Morgan fingerprint density at radius 2 is 2.06 bits per heavy atom. The number of carbonyl (C=O) groups is 1. The molecular formula is C11H13ClFN3O. The molecule has 0 aliphatic carbocycles. The second-order valence-corrected chi connectivity index (χ2v) is 4.85. The maximum Gasteiger partial charge on any atom is 0.340 e. The summed E-state index contributed by atoms with van der Waals surface area (Å²) in [6, 6.07) is 3.94. The molecule has 1 heterocycles. The van der Waals surface area contributed by atoms with E-state index in [1.165, 1.54) is 23.2 Å². The van der Waals surface area contributed by atoms with Crippen LogP contribution >= 0.6 is 11.6 Å². The predicted octanol–water partition coefficient (Wildman–Crippen LogP) is 2.59. The smallest absolute Gasteiger partial charge is 0.307 e. The fourth-order valence-electron chi connectivity index (χ4n) is 1.58. The molecular weight excluding hydrogens is 245 g/mol. The molecule has 1 fully saturated rings. The van der Waals surface area contributed by atoms with Crippen molar-refractivity contribution in [1.29, 1.82) is 0 Å². The van der Waals surface area contributed by atoms with Crippen molar-refractivity contribution in [2.45, 2.75) is 19.5 Å². The third-order valence-corrected chi connectivity index (χ3v) is 3.15. The minimum atomic E-state index is -0.505. The van der Waals surface area contributed by atoms with Gasteiger partial charge in [-0.05, 0) is 32.0 Å². The molecule has 0 atom stereocenters. The van der Waals surface area contributed by atoms with Gasteiger partial charge >= 0.3 is 6.03 Å². The Bertz CT molecular complexity index is 478. The minimum Gasteiger partial charge on any atom is -0.307 e. The van der Waals surface area contributed by atoms with E-state index >= 15 is 0 Å². The summed E-state index contributed by atoms with van der Waals surface area (Å²) >= 11 is 5.69. The number of rotatable bonds is 1. The van der Waals surface area contributed by atoms with Crippen LogP contribution in [0.15, 0.2) is 18.2 Å². The summed E-state index contributed by atoms with van der Waals surface area (Å²) < 4.78 is 13.0. The highest BCUT2D eigenvalue weighted by molar-refractivity contribution is 6.31. The van der Waals surface area contributed by atoms with Gasteiger partial charge in [-0.2, -0.15) is 0 Å². The Labute approximate surface area is 104 Å². The summed E-state index contributed by atoms with van der Waals surface area (Å²) in [5.74, 6) is -0.505. The summed E-state index contributed by atoms with van der Waals surface area (Å²) in [5, 5.41) is 1.34. The predicted molar refractivity (Wildman–Crippen MR) is 64.3 cm³/mol. The highest BCUT2D eigenvalue weighted by atomic mass is 35.5. The number of nitrogens with one attached hydrogen (secondary N) is 1. The molecule has 1 aliphatic heterocycles. The number of carbonyl (C=O) groups excluding carboxylic acids is 1. The van der Waals surface area contributed by atoms with Crippen molar-refractivity contribution in [3.63, 3.8) is 0 Å². The van der Waals surface area contributed by atoms with Crippen molar-refractivity contribution in [2.24, 2.45) is 0 Å². The molecule has 0 bridgehead atoms. The molecule has 1 aromatic carbocycles. The molecule has 0 unspecified atom stereocenters. The van der Waals surface area contributed by atoms with Gasteiger partial charge in [-0.25, -0.2) is 19.6 Å². The van der Waals surface area contributed by atoms with Gasteiger partial charge in [0.15, 0.2) is 0 Å². The van der Waals surface area contributed by atoms with Gasteiger partial charge in [0, 0.05) is 7.05 Å². The van der Waals surface area contributed by atoms with Crippen LogP contribution < -0.4 is 10.4 Å². The fourth-order valence-corrected chi connectivity index (χ4v) is 1.76. The molecule has 0 radical (unpaired) electrons. The molecule has 6 heteroatoms. The van der Waals surface area contributed by atoms with Crippen molar-refractivity contribution in [3.05, 3.63) is 29.0 Å². The van der Waals surface area contributed by atoms with Crippen LogP contribution in [0.25, 0.3) is 0 Å². The first-order valence-electron chi connectivity index (χ1n) is 5.14. The number of hydrogen-bond acceptors (Lipinski definition) is 2. The molecule has 0 saturated carbocycles. The average Bonchev–Trinajstić information content (AvgIpc) is 2.46. The molecule has 92 valence electrons. The number of amides is 2. The molecule has 2 amide bonds. The van der Waals surface area contributed by atoms with Gasteiger partial charge in [0.2, 0.25) is 0 Å². The maximum absolute atomic E-state index is 13.0. The van der Waals surface area contributed by atoms with E-state index in [4.69, 9.17) is 11.6 Å². The average molecular weight is 258 g/mol. The maximum atomic E-state index is 13.0. The van der Waals surface area contributed by atoms with E-state index in [9.17, 15) is 9.18 Å². The number of hydrazine groups is 1. The molecule has 0 aromatic heterocycles. The zero-order valence-corrected chi connectivity index (χ0v) is 10.5. The van der Waals surface area contributed by atoms with Crippen molar-refractivity contribution >= 4 is 23.3 Å². The van der Waals surface area contributed by atoms with E-state index in [-0.39, 0.29) is 11.1 Å². The van der Waals surface area contributed by atoms with E-state index in [1.54, 1.807) is 11.9 Å². The molecule has 4 nitrogen and oxygen atoms in total. The zero-order chi connectivity index (χ0) is 12.8. The number of nitrogens with zero attached hydrogens (tertiary/aromatic N) is 2. The van der Waals surface area contributed by atoms with Gasteiger partial charge in [-0.3, -0.25) is 0 Å². The van der Waals surface area contributed by atoms with Crippen molar-refractivity contribution in [2.75, 3.05) is 12.1 Å². The first-order chi connectivity index (χ1) is 7.83. The van der Waals surface area contributed by atoms with E-state index in [0.717, 1.165) is 0 Å².